The third kappa shape index (κ3) is 5.54. The van der Waals surface area contributed by atoms with Crippen molar-refractivity contribution in [2.24, 2.45) is 11.8 Å². The molecule has 0 radical (unpaired) electrons. The van der Waals surface area contributed by atoms with Crippen LogP contribution < -0.4 is 9.47 Å². The lowest BCUT2D eigenvalue weighted by atomic mass is 9.50. The highest BCUT2D eigenvalue weighted by Crippen LogP contribution is 2.65. The molecule has 7 heteroatoms. The fraction of sp³-hybridized carbons (Fsp3) is 0.463. The standard InChI is InChI=1S/C41H46N2O5/c1-25(2)24-43(37(46)16-13-30-12-11-26(3)27(4)21-30)33-15-14-32-34-22-31-36(47-28(5)44)23-35(45)39-38(31)41(32,40(33)48-39)18-20-42(34)19-17-29-9-7-6-8-10-29/h6-12,21,23,25,32-34,40,45H,14-15,17-20,22,24H2,1-5H3/t32-,33-,34+,40-,41-/m0/s1. The van der Waals surface area contributed by atoms with Gasteiger partial charge in [0, 0.05) is 60.1 Å². The third-order valence-corrected chi connectivity index (χ3v) is 11.3. The van der Waals surface area contributed by atoms with Crippen molar-refractivity contribution >= 4 is 11.9 Å². The molecule has 3 aromatic carbocycles. The largest absolute Gasteiger partial charge is 0.504 e. The molecule has 48 heavy (non-hydrogen) atoms. The van der Waals surface area contributed by atoms with Crippen LogP contribution in [0.15, 0.2) is 54.6 Å². The summed E-state index contributed by atoms with van der Waals surface area (Å²) >= 11 is 0. The Bertz CT molecular complexity index is 1810. The fourth-order valence-corrected chi connectivity index (χ4v) is 9.19. The van der Waals surface area contributed by atoms with Crippen LogP contribution in [-0.2, 0) is 27.8 Å². The quantitative estimate of drug-likeness (QED) is 0.189. The van der Waals surface area contributed by atoms with E-state index >= 15 is 0 Å². The zero-order valence-electron chi connectivity index (χ0n) is 28.7. The van der Waals surface area contributed by atoms with Gasteiger partial charge in [-0.1, -0.05) is 56.2 Å². The summed E-state index contributed by atoms with van der Waals surface area (Å²) in [5.74, 6) is 6.95. The molecule has 1 saturated heterocycles. The number of aromatic hydroxyl groups is 1. The van der Waals surface area contributed by atoms with E-state index in [0.29, 0.717) is 18.0 Å². The SMILES string of the molecule is CC(=O)Oc1cc(O)c2c3c1C[C@@H]1[C@@H]4CC[C@H](N(CC(C)C)C(=O)C#Cc5ccc(C)c(C)c5)[C@H](O2)[C@]34CCN1CCc1ccccc1. The van der Waals surface area contributed by atoms with Crippen LogP contribution in [0.1, 0.15) is 73.4 Å². The van der Waals surface area contributed by atoms with Crippen molar-refractivity contribution in [1.82, 2.24) is 9.80 Å². The lowest BCUT2D eigenvalue weighted by molar-refractivity contribution is -0.138. The highest BCUT2D eigenvalue weighted by Gasteiger charge is 2.67. The number of hydrogen-bond donors (Lipinski definition) is 1. The summed E-state index contributed by atoms with van der Waals surface area (Å²) in [5.41, 5.74) is 6.03. The molecule has 2 bridgehead atoms. The van der Waals surface area contributed by atoms with Gasteiger partial charge in [-0.2, -0.15) is 0 Å². The second-order valence-electron chi connectivity index (χ2n) is 14.7. The maximum absolute atomic E-state index is 14.1. The van der Waals surface area contributed by atoms with Gasteiger partial charge in [0.25, 0.3) is 5.91 Å². The molecule has 7 rings (SSSR count). The van der Waals surface area contributed by atoms with Crippen LogP contribution in [0, 0.1) is 37.5 Å². The predicted octanol–water partition coefficient (Wildman–Crippen LogP) is 6.12. The fourth-order valence-electron chi connectivity index (χ4n) is 9.19. The summed E-state index contributed by atoms with van der Waals surface area (Å²) < 4.78 is 12.7. The number of carbonyl (C=O) groups is 2. The smallest absolute Gasteiger partial charge is 0.308 e. The molecule has 2 fully saturated rings. The van der Waals surface area contributed by atoms with Gasteiger partial charge in [0.05, 0.1) is 6.04 Å². The Morgan fingerprint density at radius 3 is 2.62 bits per heavy atom. The number of carbonyl (C=O) groups excluding carboxylic acids is 2. The summed E-state index contributed by atoms with van der Waals surface area (Å²) in [6.07, 6.45) is 3.91. The van der Waals surface area contributed by atoms with Crippen molar-refractivity contribution in [3.63, 3.8) is 0 Å². The maximum atomic E-state index is 14.1. The number of piperidine rings is 1. The van der Waals surface area contributed by atoms with E-state index in [1.54, 1.807) is 6.07 Å². The number of hydrogen-bond acceptors (Lipinski definition) is 6. The van der Waals surface area contributed by atoms with Crippen LogP contribution >= 0.6 is 0 Å². The van der Waals surface area contributed by atoms with E-state index in [4.69, 9.17) is 9.47 Å². The zero-order chi connectivity index (χ0) is 33.7. The Morgan fingerprint density at radius 1 is 1.10 bits per heavy atom. The molecule has 0 unspecified atom stereocenters. The van der Waals surface area contributed by atoms with Crippen LogP contribution in [0.4, 0.5) is 0 Å². The molecule has 7 nitrogen and oxygen atoms in total. The van der Waals surface area contributed by atoms with E-state index in [0.717, 1.165) is 67.4 Å². The Balaban J connectivity index is 1.27. The molecule has 1 amide bonds. The Kier molecular flexibility index (Phi) is 8.49. The van der Waals surface area contributed by atoms with Gasteiger partial charge in [-0.05, 0) is 93.2 Å². The van der Waals surface area contributed by atoms with Crippen LogP contribution in [0.3, 0.4) is 0 Å². The summed E-state index contributed by atoms with van der Waals surface area (Å²) in [5, 5.41) is 11.4. The Morgan fingerprint density at radius 2 is 1.90 bits per heavy atom. The number of aryl methyl sites for hydroxylation is 2. The van der Waals surface area contributed by atoms with Gasteiger partial charge in [-0.15, -0.1) is 0 Å². The van der Waals surface area contributed by atoms with Crippen molar-refractivity contribution in [2.75, 3.05) is 19.6 Å². The van der Waals surface area contributed by atoms with Crippen molar-refractivity contribution in [3.05, 3.63) is 88.0 Å². The first-order valence-electron chi connectivity index (χ1n) is 17.5. The van der Waals surface area contributed by atoms with E-state index < -0.39 is 11.4 Å². The monoisotopic (exact) mass is 646 g/mol. The molecule has 0 aromatic heterocycles. The second kappa shape index (κ2) is 12.6. The minimum atomic E-state index is -0.413. The molecular formula is C41H46N2O5. The minimum absolute atomic E-state index is 0.00694. The number of ether oxygens (including phenoxy) is 2. The number of nitrogens with zero attached hydrogens (tertiary/aromatic N) is 2. The van der Waals surface area contributed by atoms with Crippen molar-refractivity contribution in [2.45, 2.75) is 90.3 Å². The maximum Gasteiger partial charge on any atom is 0.308 e. The van der Waals surface area contributed by atoms with E-state index in [1.165, 1.54) is 18.1 Å². The Hall–Kier alpha value is -4.28. The minimum Gasteiger partial charge on any atom is -0.504 e. The molecule has 2 aliphatic carbocycles. The molecule has 2 aliphatic heterocycles. The highest BCUT2D eigenvalue weighted by molar-refractivity contribution is 5.94. The number of phenols is 1. The topological polar surface area (TPSA) is 79.3 Å². The Labute approximate surface area is 284 Å². The highest BCUT2D eigenvalue weighted by atomic mass is 16.5. The molecule has 1 saturated carbocycles. The van der Waals surface area contributed by atoms with E-state index in [9.17, 15) is 14.7 Å². The first-order valence-corrected chi connectivity index (χ1v) is 17.5. The molecule has 1 N–H and O–H groups in total. The number of benzene rings is 3. The van der Waals surface area contributed by atoms with Gasteiger partial charge in [0.2, 0.25) is 0 Å². The van der Waals surface area contributed by atoms with Gasteiger partial charge < -0.3 is 19.5 Å². The third-order valence-electron chi connectivity index (χ3n) is 11.3. The average Bonchev–Trinajstić information content (AvgIpc) is 3.40. The van der Waals surface area contributed by atoms with Crippen molar-refractivity contribution < 1.29 is 24.2 Å². The summed E-state index contributed by atoms with van der Waals surface area (Å²) in [4.78, 5) is 30.9. The average molecular weight is 647 g/mol. The van der Waals surface area contributed by atoms with Gasteiger partial charge in [0.1, 0.15) is 11.9 Å². The number of esters is 1. The second-order valence-corrected chi connectivity index (χ2v) is 14.7. The van der Waals surface area contributed by atoms with Crippen LogP contribution in [0.25, 0.3) is 0 Å². The first-order chi connectivity index (χ1) is 23.1. The molecule has 2 heterocycles. The predicted molar refractivity (Wildman–Crippen MR) is 185 cm³/mol. The number of phenolic OH excluding ortho intramolecular Hbond substituents is 1. The van der Waals surface area contributed by atoms with Crippen molar-refractivity contribution in [3.8, 4) is 29.1 Å². The summed E-state index contributed by atoms with van der Waals surface area (Å²) in [6, 6.07) is 18.2. The molecule has 3 aromatic rings. The van der Waals surface area contributed by atoms with Gasteiger partial charge in [-0.25, -0.2) is 0 Å². The van der Waals surface area contributed by atoms with Crippen LogP contribution in [0.5, 0.6) is 17.2 Å². The molecule has 250 valence electrons. The molecule has 4 aliphatic rings. The van der Waals surface area contributed by atoms with E-state index in [2.05, 4.69) is 74.8 Å². The van der Waals surface area contributed by atoms with Crippen molar-refractivity contribution in [1.29, 1.82) is 0 Å². The van der Waals surface area contributed by atoms with Gasteiger partial charge >= 0.3 is 5.97 Å². The molecule has 1 spiro atoms. The molecule has 5 atom stereocenters. The number of rotatable bonds is 7. The van der Waals surface area contributed by atoms with E-state index in [1.807, 2.05) is 23.1 Å². The summed E-state index contributed by atoms with van der Waals surface area (Å²) in [6.45, 7) is 12.2. The van der Waals surface area contributed by atoms with Gasteiger partial charge in [0.15, 0.2) is 11.5 Å². The normalized spacial score (nSPS) is 25.0. The summed E-state index contributed by atoms with van der Waals surface area (Å²) in [7, 11) is 0. The van der Waals surface area contributed by atoms with E-state index in [-0.39, 0.29) is 41.7 Å². The number of likely N-dealkylation sites (tertiary alicyclic amines) is 1. The lowest BCUT2D eigenvalue weighted by Crippen LogP contribution is -2.69. The number of amides is 1. The molecular weight excluding hydrogens is 600 g/mol. The van der Waals surface area contributed by atoms with Crippen LogP contribution in [0.2, 0.25) is 0 Å². The van der Waals surface area contributed by atoms with Gasteiger partial charge in [-0.3, -0.25) is 14.5 Å². The van der Waals surface area contributed by atoms with Crippen LogP contribution in [-0.4, -0.2) is 64.6 Å². The first kappa shape index (κ1) is 32.3. The lowest BCUT2D eigenvalue weighted by Gasteiger charge is -2.60. The zero-order valence-corrected chi connectivity index (χ0v) is 28.7.